The second-order valence-electron chi connectivity index (χ2n) is 27.6. The summed E-state index contributed by atoms with van der Waals surface area (Å²) in [7, 11) is 0. The van der Waals surface area contributed by atoms with Gasteiger partial charge in [0.15, 0.2) is 0 Å². The Kier molecular flexibility index (Phi) is 14.9. The molecule has 1 aliphatic rings. The van der Waals surface area contributed by atoms with Crippen LogP contribution in [0.25, 0.3) is 133 Å². The molecule has 0 saturated carbocycles. The van der Waals surface area contributed by atoms with Gasteiger partial charge in [-0.05, 0) is 216 Å². The Hall–Kier alpha value is -13.3. The van der Waals surface area contributed by atoms with Crippen molar-refractivity contribution in [3.05, 3.63) is 399 Å². The topological polar surface area (TPSA) is 16.3 Å². The molecule has 2 heterocycles. The van der Waals surface area contributed by atoms with Crippen molar-refractivity contribution in [2.75, 3.05) is 9.80 Å². The maximum absolute atomic E-state index is 2.43. The summed E-state index contributed by atoms with van der Waals surface area (Å²) in [4.78, 5) is 4.78. The first-order valence-corrected chi connectivity index (χ1v) is 35.6. The fraction of sp³-hybridized carbons (Fsp3) is 0.0303. The second kappa shape index (κ2) is 25.2. The Morgan fingerprint density at radius 1 is 0.204 bits per heavy atom. The van der Waals surface area contributed by atoms with E-state index in [1.165, 1.54) is 110 Å². The number of fused-ring (bicyclic) bond motifs is 9. The largest absolute Gasteiger partial charge is 0.311 e. The van der Waals surface area contributed by atoms with E-state index in [9.17, 15) is 0 Å². The summed E-state index contributed by atoms with van der Waals surface area (Å²) >= 11 is 0. The van der Waals surface area contributed by atoms with Gasteiger partial charge in [0.2, 0.25) is 0 Å². The van der Waals surface area contributed by atoms with Crippen LogP contribution in [0.2, 0.25) is 0 Å². The van der Waals surface area contributed by atoms with Crippen molar-refractivity contribution >= 4 is 77.7 Å². The van der Waals surface area contributed by atoms with Crippen molar-refractivity contribution in [2.45, 2.75) is 19.3 Å². The van der Waals surface area contributed by atoms with Crippen LogP contribution in [0.1, 0.15) is 25.0 Å². The fourth-order valence-corrected chi connectivity index (χ4v) is 16.3. The number of rotatable bonds is 14. The Bertz CT molecular complexity index is 6190. The molecule has 16 aromatic carbocycles. The van der Waals surface area contributed by atoms with Gasteiger partial charge in [-0.25, -0.2) is 0 Å². The van der Waals surface area contributed by atoms with Gasteiger partial charge in [-0.2, -0.15) is 0 Å². The van der Waals surface area contributed by atoms with E-state index in [-0.39, 0.29) is 5.41 Å². The molecule has 1 aliphatic carbocycles. The van der Waals surface area contributed by atoms with Gasteiger partial charge in [0.25, 0.3) is 0 Å². The third-order valence-corrected chi connectivity index (χ3v) is 21.4. The van der Waals surface area contributed by atoms with Crippen LogP contribution < -0.4 is 9.80 Å². The third-order valence-electron chi connectivity index (χ3n) is 21.4. The molecule has 0 unspecified atom stereocenters. The maximum Gasteiger partial charge on any atom is 0.0547 e. The molecule has 0 spiro atoms. The molecule has 0 aliphatic heterocycles. The summed E-state index contributed by atoms with van der Waals surface area (Å²) in [6.45, 7) is 4.72. The lowest BCUT2D eigenvalue weighted by Gasteiger charge is -2.28. The minimum absolute atomic E-state index is 0.134. The molecular weight excluding hydrogens is 1250 g/mol. The molecule has 0 N–H and O–H groups in total. The van der Waals surface area contributed by atoms with Crippen LogP contribution in [0.15, 0.2) is 388 Å². The van der Waals surface area contributed by atoms with E-state index in [1.54, 1.807) is 0 Å². The monoisotopic (exact) mass is 1310 g/mol. The molecule has 0 atom stereocenters. The van der Waals surface area contributed by atoms with E-state index in [0.717, 1.165) is 67.8 Å². The van der Waals surface area contributed by atoms with Crippen LogP contribution in [0.4, 0.5) is 34.1 Å². The highest BCUT2D eigenvalue weighted by atomic mass is 15.1. The van der Waals surface area contributed by atoms with Crippen molar-refractivity contribution < 1.29 is 0 Å². The lowest BCUT2D eigenvalue weighted by atomic mass is 9.82. The van der Waals surface area contributed by atoms with Crippen molar-refractivity contribution in [1.82, 2.24) is 9.13 Å². The zero-order chi connectivity index (χ0) is 68.5. The van der Waals surface area contributed by atoms with Crippen molar-refractivity contribution in [3.63, 3.8) is 0 Å². The van der Waals surface area contributed by atoms with Gasteiger partial charge in [-0.1, -0.05) is 275 Å². The van der Waals surface area contributed by atoms with Gasteiger partial charge in [0.05, 0.1) is 22.1 Å². The molecule has 0 saturated heterocycles. The molecule has 2 aromatic heterocycles. The summed E-state index contributed by atoms with van der Waals surface area (Å²) < 4.78 is 4.82. The van der Waals surface area contributed by atoms with Crippen LogP contribution >= 0.6 is 0 Å². The SMILES string of the molecule is CC1(C)c2ccccc2-c2ccc(N(c3ccc(-c4ccccc4)cc3)c3ccc(-c4cccc5c4c4ccccc4n5-c4ccc(-c5cccc(-c6ccc(N(c7ccc(-c8ccccc8)cc7)c7ccc(-c8cccc9c8c8ccccc8n9-c8ccccc8)cc7)cc6)c5)cc4)cc3)cc21. The summed E-state index contributed by atoms with van der Waals surface area (Å²) in [6.07, 6.45) is 0. The highest BCUT2D eigenvalue weighted by Gasteiger charge is 2.36. The minimum Gasteiger partial charge on any atom is -0.311 e. The van der Waals surface area contributed by atoms with E-state index >= 15 is 0 Å². The van der Waals surface area contributed by atoms with E-state index in [0.29, 0.717) is 0 Å². The first kappa shape index (κ1) is 60.9. The number of hydrogen-bond donors (Lipinski definition) is 0. The smallest absolute Gasteiger partial charge is 0.0547 e. The third kappa shape index (κ3) is 10.6. The number of hydrogen-bond acceptors (Lipinski definition) is 2. The standard InChI is InChI=1S/C99H70N4/c1-99(2)91-34-15-12-29-87(91)88-64-63-84(66-92(88)99)101(81-53-41-70(42-54-81)68-23-8-4-9-24-68)82-61-49-74(50-62-82)86-33-20-38-96-98(86)90-31-14-17-36-94(90)103(96)83-57-45-72(46-58-83)76-26-18-25-75(65-76)71-43-55-79(56-44-71)100(78-51-39-69(40-52-78)67-21-6-3-7-22-67)80-59-47-73(48-60-80)85-32-19-37-95-97(85)89-30-13-16-35-93(89)102(95)77-27-10-5-11-28-77/h3-66H,1-2H3. The van der Waals surface area contributed by atoms with Crippen molar-refractivity contribution in [2.24, 2.45) is 0 Å². The Labute approximate surface area is 600 Å². The lowest BCUT2D eigenvalue weighted by Crippen LogP contribution is -2.16. The minimum atomic E-state index is -0.134. The molecule has 0 radical (unpaired) electrons. The lowest BCUT2D eigenvalue weighted by molar-refractivity contribution is 0.660. The molecular formula is C99H70N4. The van der Waals surface area contributed by atoms with Crippen LogP contribution in [-0.4, -0.2) is 9.13 Å². The number of nitrogens with zero attached hydrogens (tertiary/aromatic N) is 4. The van der Waals surface area contributed by atoms with Crippen molar-refractivity contribution in [1.29, 1.82) is 0 Å². The van der Waals surface area contributed by atoms with Gasteiger partial charge in [0.1, 0.15) is 0 Å². The van der Waals surface area contributed by atoms with Crippen LogP contribution in [0, 0.1) is 0 Å². The molecule has 0 bridgehead atoms. The molecule has 486 valence electrons. The van der Waals surface area contributed by atoms with E-state index < -0.39 is 0 Å². The van der Waals surface area contributed by atoms with E-state index in [2.05, 4.69) is 421 Å². The molecule has 0 fully saturated rings. The average Bonchev–Trinajstić information content (AvgIpc) is 1.58. The fourth-order valence-electron chi connectivity index (χ4n) is 16.3. The van der Waals surface area contributed by atoms with Crippen molar-refractivity contribution in [3.8, 4) is 89.3 Å². The number of benzene rings is 16. The zero-order valence-corrected chi connectivity index (χ0v) is 57.2. The van der Waals surface area contributed by atoms with Gasteiger partial charge in [-0.3, -0.25) is 0 Å². The maximum atomic E-state index is 2.43. The van der Waals surface area contributed by atoms with Gasteiger partial charge < -0.3 is 18.9 Å². The van der Waals surface area contributed by atoms with Crippen LogP contribution in [-0.2, 0) is 5.41 Å². The summed E-state index contributed by atoms with van der Waals surface area (Å²) in [5.41, 5.74) is 32.9. The van der Waals surface area contributed by atoms with Crippen LogP contribution in [0.3, 0.4) is 0 Å². The van der Waals surface area contributed by atoms with E-state index in [4.69, 9.17) is 0 Å². The number of aromatic nitrogens is 2. The second-order valence-corrected chi connectivity index (χ2v) is 27.6. The number of para-hydroxylation sites is 3. The zero-order valence-electron chi connectivity index (χ0n) is 57.2. The number of anilines is 6. The summed E-state index contributed by atoms with van der Waals surface area (Å²) in [5, 5.41) is 4.94. The van der Waals surface area contributed by atoms with E-state index in [1.807, 2.05) is 0 Å². The Morgan fingerprint density at radius 2 is 0.515 bits per heavy atom. The summed E-state index contributed by atoms with van der Waals surface area (Å²) in [6, 6.07) is 142. The Balaban J connectivity index is 0.621. The van der Waals surface area contributed by atoms with Gasteiger partial charge in [-0.15, -0.1) is 0 Å². The normalized spacial score (nSPS) is 12.3. The van der Waals surface area contributed by atoms with Gasteiger partial charge in [0, 0.05) is 72.5 Å². The quantitative estimate of drug-likeness (QED) is 0.108. The predicted molar refractivity (Wildman–Crippen MR) is 435 cm³/mol. The Morgan fingerprint density at radius 3 is 0.990 bits per heavy atom. The summed E-state index contributed by atoms with van der Waals surface area (Å²) in [5.74, 6) is 0. The predicted octanol–water partition coefficient (Wildman–Crippen LogP) is 27.1. The first-order valence-electron chi connectivity index (χ1n) is 35.6. The van der Waals surface area contributed by atoms with Gasteiger partial charge >= 0.3 is 0 Å². The highest BCUT2D eigenvalue weighted by molar-refractivity contribution is 6.17. The molecule has 4 nitrogen and oxygen atoms in total. The molecule has 103 heavy (non-hydrogen) atoms. The first-order chi connectivity index (χ1) is 50.8. The molecule has 18 aromatic rings. The molecule has 4 heteroatoms. The van der Waals surface area contributed by atoms with Crippen LogP contribution in [0.5, 0.6) is 0 Å². The highest BCUT2D eigenvalue weighted by Crippen LogP contribution is 2.52. The molecule has 0 amide bonds. The average molecular weight is 1320 g/mol. The molecule has 19 rings (SSSR count).